The van der Waals surface area contributed by atoms with Gasteiger partial charge in [0.05, 0.1) is 0 Å². The topological polar surface area (TPSA) is 81.3 Å². The Balaban J connectivity index is 1.26. The first-order valence-electron chi connectivity index (χ1n) is 10.7. The number of benzene rings is 1. The molecule has 4 N–H and O–H groups in total. The Hall–Kier alpha value is -2.57. The molecule has 1 aromatic carbocycles. The van der Waals surface area contributed by atoms with Gasteiger partial charge in [0.2, 0.25) is 5.91 Å². The molecule has 7 heteroatoms. The van der Waals surface area contributed by atoms with E-state index in [9.17, 15) is 9.18 Å². The van der Waals surface area contributed by atoms with Crippen molar-refractivity contribution in [3.8, 4) is 0 Å². The molecule has 0 spiro atoms. The molecule has 2 atom stereocenters. The highest BCUT2D eigenvalue weighted by Crippen LogP contribution is 2.26. The molecule has 2 aliphatic carbocycles. The lowest BCUT2D eigenvalue weighted by Crippen LogP contribution is -2.47. The lowest BCUT2D eigenvalue weighted by molar-refractivity contribution is -0.126. The van der Waals surface area contributed by atoms with Crippen LogP contribution in [-0.4, -0.2) is 42.5 Å². The van der Waals surface area contributed by atoms with Gasteiger partial charge in [-0.15, -0.1) is 0 Å². The fourth-order valence-electron chi connectivity index (χ4n) is 4.17. The summed E-state index contributed by atoms with van der Waals surface area (Å²) in [5.74, 6) is 0.847. The minimum Gasteiger partial charge on any atom is -0.361 e. The third-order valence-electron chi connectivity index (χ3n) is 5.95. The number of rotatable bonds is 6. The second-order valence-corrected chi connectivity index (χ2v) is 8.24. The number of aliphatic imine (C=N–C) groups is 1. The van der Waals surface area contributed by atoms with Crippen LogP contribution in [0.3, 0.4) is 0 Å². The first-order valence-corrected chi connectivity index (χ1v) is 10.7. The quantitative estimate of drug-likeness (QED) is 0.445. The molecule has 2 saturated carbocycles. The van der Waals surface area contributed by atoms with Crippen LogP contribution in [0, 0.1) is 11.7 Å². The van der Waals surface area contributed by atoms with Crippen molar-refractivity contribution in [2.75, 3.05) is 13.6 Å². The molecule has 6 nitrogen and oxygen atoms in total. The molecule has 2 fully saturated rings. The molecular formula is C22H30FN5O. The van der Waals surface area contributed by atoms with Gasteiger partial charge in [-0.1, -0.05) is 6.42 Å². The number of nitrogens with zero attached hydrogens (tertiary/aromatic N) is 1. The normalized spacial score (nSPS) is 22.5. The fraction of sp³-hybridized carbons (Fsp3) is 0.545. The van der Waals surface area contributed by atoms with Crippen molar-refractivity contribution in [1.29, 1.82) is 0 Å². The number of aromatic nitrogens is 1. The van der Waals surface area contributed by atoms with Crippen LogP contribution in [0.15, 0.2) is 29.4 Å². The fourth-order valence-corrected chi connectivity index (χ4v) is 4.17. The largest absolute Gasteiger partial charge is 0.361 e. The number of amides is 1. The van der Waals surface area contributed by atoms with Gasteiger partial charge < -0.3 is 20.9 Å². The Kier molecular flexibility index (Phi) is 6.02. The second-order valence-electron chi connectivity index (χ2n) is 8.24. The van der Waals surface area contributed by atoms with Crippen LogP contribution < -0.4 is 16.0 Å². The molecule has 1 heterocycles. The molecule has 0 aliphatic heterocycles. The SMILES string of the molecule is CN=C(NCCc1c[nH]c2ccc(F)cc12)NC1CCCC(C(=O)NC2CC2)C1. The standard InChI is InChI=1S/C22H30FN5O/c1-24-22(25-10-9-15-13-26-20-8-5-16(23)12-19(15)20)28-18-4-2-3-14(11-18)21(29)27-17-6-7-17/h5,8,12-14,17-18,26H,2-4,6-7,9-11H2,1H3,(H,27,29)(H2,24,25,28). The number of nitrogens with one attached hydrogen (secondary N) is 4. The van der Waals surface area contributed by atoms with Crippen LogP contribution in [0.1, 0.15) is 44.1 Å². The van der Waals surface area contributed by atoms with Crippen LogP contribution in [0.25, 0.3) is 10.9 Å². The summed E-state index contributed by atoms with van der Waals surface area (Å²) < 4.78 is 13.5. The number of aromatic amines is 1. The summed E-state index contributed by atoms with van der Waals surface area (Å²) in [6, 6.07) is 5.48. The van der Waals surface area contributed by atoms with Gasteiger partial charge in [-0.2, -0.15) is 0 Å². The Morgan fingerprint density at radius 1 is 1.21 bits per heavy atom. The van der Waals surface area contributed by atoms with Crippen molar-refractivity contribution in [2.24, 2.45) is 10.9 Å². The van der Waals surface area contributed by atoms with Crippen molar-refractivity contribution >= 4 is 22.8 Å². The van der Waals surface area contributed by atoms with Crippen molar-refractivity contribution in [3.63, 3.8) is 0 Å². The number of H-pyrrole nitrogens is 1. The Bertz CT molecular complexity index is 888. The number of guanidine groups is 1. The molecule has 1 aromatic heterocycles. The Morgan fingerprint density at radius 2 is 2.07 bits per heavy atom. The minimum atomic E-state index is -0.221. The van der Waals surface area contributed by atoms with E-state index in [0.717, 1.165) is 67.4 Å². The molecule has 1 amide bonds. The van der Waals surface area contributed by atoms with Crippen LogP contribution in [0.2, 0.25) is 0 Å². The van der Waals surface area contributed by atoms with Crippen LogP contribution >= 0.6 is 0 Å². The van der Waals surface area contributed by atoms with Gasteiger partial charge in [-0.25, -0.2) is 4.39 Å². The third kappa shape index (κ3) is 5.08. The lowest BCUT2D eigenvalue weighted by atomic mass is 9.85. The maximum absolute atomic E-state index is 13.5. The van der Waals surface area contributed by atoms with E-state index in [4.69, 9.17) is 0 Å². The monoisotopic (exact) mass is 399 g/mol. The average Bonchev–Trinajstić information content (AvgIpc) is 3.46. The van der Waals surface area contributed by atoms with Gasteiger partial charge in [-0.3, -0.25) is 9.79 Å². The maximum Gasteiger partial charge on any atom is 0.223 e. The highest BCUT2D eigenvalue weighted by atomic mass is 19.1. The molecular weight excluding hydrogens is 369 g/mol. The van der Waals surface area contributed by atoms with E-state index in [1.807, 2.05) is 6.20 Å². The van der Waals surface area contributed by atoms with Crippen LogP contribution in [0.4, 0.5) is 4.39 Å². The predicted octanol–water partition coefficient (Wildman–Crippen LogP) is 2.85. The first kappa shape index (κ1) is 19.7. The zero-order chi connectivity index (χ0) is 20.2. The molecule has 2 aromatic rings. The smallest absolute Gasteiger partial charge is 0.223 e. The summed E-state index contributed by atoms with van der Waals surface area (Å²) in [6.07, 6.45) is 8.88. The van der Waals surface area contributed by atoms with Gasteiger partial charge in [0.25, 0.3) is 0 Å². The second kappa shape index (κ2) is 8.84. The number of carbonyl (C=O) groups excluding carboxylic acids is 1. The Morgan fingerprint density at radius 3 is 2.86 bits per heavy atom. The van der Waals surface area contributed by atoms with Crippen molar-refractivity contribution in [3.05, 3.63) is 35.8 Å². The lowest BCUT2D eigenvalue weighted by Gasteiger charge is -2.30. The number of hydrogen-bond donors (Lipinski definition) is 4. The van der Waals surface area contributed by atoms with Gasteiger partial charge in [-0.05, 0) is 62.3 Å². The van der Waals surface area contributed by atoms with E-state index >= 15 is 0 Å². The molecule has 0 radical (unpaired) electrons. The molecule has 0 bridgehead atoms. The highest BCUT2D eigenvalue weighted by molar-refractivity contribution is 5.84. The zero-order valence-electron chi connectivity index (χ0n) is 16.9. The third-order valence-corrected chi connectivity index (χ3v) is 5.95. The summed E-state index contributed by atoms with van der Waals surface area (Å²) in [6.45, 7) is 0.696. The van der Waals surface area contributed by atoms with E-state index < -0.39 is 0 Å². The summed E-state index contributed by atoms with van der Waals surface area (Å²) in [5, 5.41) is 10.9. The van der Waals surface area contributed by atoms with E-state index in [1.165, 1.54) is 6.07 Å². The van der Waals surface area contributed by atoms with Crippen molar-refractivity contribution in [2.45, 2.75) is 57.0 Å². The molecule has 2 aliphatic rings. The summed E-state index contributed by atoms with van der Waals surface area (Å²) in [7, 11) is 1.76. The molecule has 156 valence electrons. The van der Waals surface area contributed by atoms with E-state index in [0.29, 0.717) is 12.6 Å². The van der Waals surface area contributed by atoms with E-state index in [1.54, 1.807) is 19.2 Å². The number of hydrogen-bond acceptors (Lipinski definition) is 2. The number of halogens is 1. The number of fused-ring (bicyclic) bond motifs is 1. The maximum atomic E-state index is 13.5. The zero-order valence-corrected chi connectivity index (χ0v) is 16.9. The van der Waals surface area contributed by atoms with Crippen LogP contribution in [-0.2, 0) is 11.2 Å². The predicted molar refractivity (Wildman–Crippen MR) is 113 cm³/mol. The minimum absolute atomic E-state index is 0.0982. The first-order chi connectivity index (χ1) is 14.1. The van der Waals surface area contributed by atoms with Gasteiger partial charge in [0.1, 0.15) is 5.82 Å². The molecule has 0 saturated heterocycles. The van der Waals surface area contributed by atoms with E-state index in [2.05, 4.69) is 25.9 Å². The summed E-state index contributed by atoms with van der Waals surface area (Å²) in [4.78, 5) is 19.9. The van der Waals surface area contributed by atoms with Gasteiger partial charge >= 0.3 is 0 Å². The van der Waals surface area contributed by atoms with Gasteiger partial charge in [0.15, 0.2) is 5.96 Å². The summed E-state index contributed by atoms with van der Waals surface area (Å²) >= 11 is 0. The van der Waals surface area contributed by atoms with Crippen molar-refractivity contribution in [1.82, 2.24) is 20.9 Å². The summed E-state index contributed by atoms with van der Waals surface area (Å²) in [5.41, 5.74) is 2.03. The molecule has 4 rings (SSSR count). The van der Waals surface area contributed by atoms with Crippen LogP contribution in [0.5, 0.6) is 0 Å². The van der Waals surface area contributed by atoms with Gasteiger partial charge in [0, 0.05) is 48.7 Å². The number of carbonyl (C=O) groups is 1. The Labute approximate surface area is 170 Å². The highest BCUT2D eigenvalue weighted by Gasteiger charge is 2.31. The average molecular weight is 400 g/mol. The van der Waals surface area contributed by atoms with Crippen molar-refractivity contribution < 1.29 is 9.18 Å². The molecule has 2 unspecified atom stereocenters. The molecule has 29 heavy (non-hydrogen) atoms. The van der Waals surface area contributed by atoms with E-state index in [-0.39, 0.29) is 23.7 Å².